The van der Waals surface area contributed by atoms with Crippen LogP contribution in [0.4, 0.5) is 5.69 Å². The lowest BCUT2D eigenvalue weighted by Crippen LogP contribution is -2.38. The minimum Gasteiger partial charge on any atom is -0.356 e. The standard InChI is InChI=1S/C14H18N2/c1-11-7-12(2)9-14(8-11)16-6-4-3-5-13(16)10-15/h7-9,13H,3-6H2,1-2H3. The molecule has 2 rings (SSSR count). The van der Waals surface area contributed by atoms with Gasteiger partial charge in [-0.25, -0.2) is 0 Å². The summed E-state index contributed by atoms with van der Waals surface area (Å²) in [5.74, 6) is 0. The van der Waals surface area contributed by atoms with Crippen LogP contribution < -0.4 is 4.90 Å². The van der Waals surface area contributed by atoms with Crippen molar-refractivity contribution in [3.63, 3.8) is 0 Å². The summed E-state index contributed by atoms with van der Waals surface area (Å²) in [5.41, 5.74) is 3.76. The molecule has 0 aliphatic carbocycles. The minimum atomic E-state index is 0.0648. The molecule has 0 saturated carbocycles. The Hall–Kier alpha value is -1.49. The summed E-state index contributed by atoms with van der Waals surface area (Å²) in [7, 11) is 0. The van der Waals surface area contributed by atoms with Gasteiger partial charge in [-0.3, -0.25) is 0 Å². The van der Waals surface area contributed by atoms with Crippen molar-refractivity contribution in [2.75, 3.05) is 11.4 Å². The maximum atomic E-state index is 9.17. The number of hydrogen-bond acceptors (Lipinski definition) is 2. The molecule has 1 aromatic carbocycles. The highest BCUT2D eigenvalue weighted by Crippen LogP contribution is 2.26. The molecule has 2 heteroatoms. The van der Waals surface area contributed by atoms with E-state index in [1.165, 1.54) is 29.7 Å². The molecule has 1 unspecified atom stereocenters. The largest absolute Gasteiger partial charge is 0.356 e. The van der Waals surface area contributed by atoms with Crippen LogP contribution in [0.25, 0.3) is 0 Å². The highest BCUT2D eigenvalue weighted by molar-refractivity contribution is 5.53. The summed E-state index contributed by atoms with van der Waals surface area (Å²) in [4.78, 5) is 2.25. The topological polar surface area (TPSA) is 27.0 Å². The third-order valence-electron chi connectivity index (χ3n) is 3.19. The summed E-state index contributed by atoms with van der Waals surface area (Å²) >= 11 is 0. The van der Waals surface area contributed by atoms with Crippen LogP contribution in [0.3, 0.4) is 0 Å². The number of benzene rings is 1. The van der Waals surface area contributed by atoms with Gasteiger partial charge in [0.05, 0.1) is 6.07 Å². The van der Waals surface area contributed by atoms with Gasteiger partial charge in [-0.05, 0) is 56.4 Å². The lowest BCUT2D eigenvalue weighted by Gasteiger charge is -2.33. The van der Waals surface area contributed by atoms with Gasteiger partial charge in [0.2, 0.25) is 0 Å². The Morgan fingerprint density at radius 1 is 1.19 bits per heavy atom. The van der Waals surface area contributed by atoms with E-state index >= 15 is 0 Å². The van der Waals surface area contributed by atoms with E-state index in [4.69, 9.17) is 5.26 Å². The lowest BCUT2D eigenvalue weighted by atomic mass is 10.0. The molecule has 1 aromatic rings. The molecule has 1 aliphatic rings. The van der Waals surface area contributed by atoms with Crippen LogP contribution in [-0.2, 0) is 0 Å². The van der Waals surface area contributed by atoms with E-state index in [0.717, 1.165) is 13.0 Å². The van der Waals surface area contributed by atoms with Gasteiger partial charge in [0, 0.05) is 12.2 Å². The van der Waals surface area contributed by atoms with Gasteiger partial charge in [0.15, 0.2) is 0 Å². The summed E-state index contributed by atoms with van der Waals surface area (Å²) in [6, 6.07) is 9.02. The average Bonchev–Trinajstić information content (AvgIpc) is 2.27. The fourth-order valence-electron chi connectivity index (χ4n) is 2.49. The van der Waals surface area contributed by atoms with Gasteiger partial charge in [0.1, 0.15) is 6.04 Å². The molecule has 0 N–H and O–H groups in total. The van der Waals surface area contributed by atoms with Crippen molar-refractivity contribution in [2.45, 2.75) is 39.2 Å². The Bertz CT molecular complexity index is 397. The Kier molecular flexibility index (Phi) is 3.14. The van der Waals surface area contributed by atoms with Crippen molar-refractivity contribution in [3.8, 4) is 6.07 Å². The van der Waals surface area contributed by atoms with E-state index in [0.29, 0.717) is 0 Å². The first-order chi connectivity index (χ1) is 7.70. The third-order valence-corrected chi connectivity index (χ3v) is 3.19. The zero-order chi connectivity index (χ0) is 11.5. The van der Waals surface area contributed by atoms with Crippen LogP contribution in [0.2, 0.25) is 0 Å². The molecule has 1 fully saturated rings. The third kappa shape index (κ3) is 2.19. The lowest BCUT2D eigenvalue weighted by molar-refractivity contribution is 0.521. The van der Waals surface area contributed by atoms with Crippen LogP contribution in [-0.4, -0.2) is 12.6 Å². The van der Waals surface area contributed by atoms with Crippen molar-refractivity contribution in [3.05, 3.63) is 29.3 Å². The summed E-state index contributed by atoms with van der Waals surface area (Å²) in [5, 5.41) is 9.17. The number of anilines is 1. The van der Waals surface area contributed by atoms with Crippen LogP contribution in [0.1, 0.15) is 30.4 Å². The Balaban J connectivity index is 2.31. The first-order valence-electron chi connectivity index (χ1n) is 5.95. The van der Waals surface area contributed by atoms with E-state index in [1.807, 2.05) is 0 Å². The molecule has 16 heavy (non-hydrogen) atoms. The highest BCUT2D eigenvalue weighted by Gasteiger charge is 2.22. The Labute approximate surface area is 97.5 Å². The molecular formula is C14H18N2. The molecule has 0 spiro atoms. The molecule has 1 atom stereocenters. The monoisotopic (exact) mass is 214 g/mol. The summed E-state index contributed by atoms with van der Waals surface area (Å²) in [6.45, 7) is 5.24. The molecule has 1 aliphatic heterocycles. The van der Waals surface area contributed by atoms with E-state index in [9.17, 15) is 0 Å². The van der Waals surface area contributed by atoms with Gasteiger partial charge in [-0.2, -0.15) is 5.26 Å². The normalized spacial score (nSPS) is 20.6. The molecule has 2 nitrogen and oxygen atoms in total. The van der Waals surface area contributed by atoms with Crippen molar-refractivity contribution in [1.29, 1.82) is 5.26 Å². The highest BCUT2D eigenvalue weighted by atomic mass is 15.2. The second kappa shape index (κ2) is 4.57. The smallest absolute Gasteiger partial charge is 0.116 e. The van der Waals surface area contributed by atoms with Gasteiger partial charge < -0.3 is 4.90 Å². The van der Waals surface area contributed by atoms with E-state index < -0.39 is 0 Å². The van der Waals surface area contributed by atoms with E-state index in [2.05, 4.69) is 43.0 Å². The van der Waals surface area contributed by atoms with Crippen molar-refractivity contribution in [2.24, 2.45) is 0 Å². The first-order valence-corrected chi connectivity index (χ1v) is 5.95. The predicted octanol–water partition coefficient (Wildman–Crippen LogP) is 3.19. The molecule has 1 saturated heterocycles. The molecule has 0 bridgehead atoms. The average molecular weight is 214 g/mol. The first kappa shape index (κ1) is 11.0. The minimum absolute atomic E-state index is 0.0648. The summed E-state index contributed by atoms with van der Waals surface area (Å²) in [6.07, 6.45) is 3.38. The maximum absolute atomic E-state index is 9.17. The molecule has 0 amide bonds. The number of aryl methyl sites for hydroxylation is 2. The van der Waals surface area contributed by atoms with Crippen molar-refractivity contribution in [1.82, 2.24) is 0 Å². The predicted molar refractivity (Wildman–Crippen MR) is 66.5 cm³/mol. The number of rotatable bonds is 1. The van der Waals surface area contributed by atoms with Crippen molar-refractivity contribution < 1.29 is 0 Å². The second-order valence-electron chi connectivity index (χ2n) is 4.68. The Morgan fingerprint density at radius 2 is 1.88 bits per heavy atom. The number of hydrogen-bond donors (Lipinski definition) is 0. The van der Waals surface area contributed by atoms with Crippen molar-refractivity contribution >= 4 is 5.69 Å². The van der Waals surface area contributed by atoms with Gasteiger partial charge >= 0.3 is 0 Å². The van der Waals surface area contributed by atoms with Crippen LogP contribution >= 0.6 is 0 Å². The van der Waals surface area contributed by atoms with Crippen LogP contribution in [0.15, 0.2) is 18.2 Å². The van der Waals surface area contributed by atoms with Gasteiger partial charge in [-0.1, -0.05) is 6.07 Å². The molecule has 0 aromatic heterocycles. The van der Waals surface area contributed by atoms with Crippen LogP contribution in [0, 0.1) is 25.2 Å². The molecule has 0 radical (unpaired) electrons. The van der Waals surface area contributed by atoms with Gasteiger partial charge in [0.25, 0.3) is 0 Å². The van der Waals surface area contributed by atoms with E-state index in [1.54, 1.807) is 0 Å². The van der Waals surface area contributed by atoms with Crippen LogP contribution in [0.5, 0.6) is 0 Å². The summed E-state index contributed by atoms with van der Waals surface area (Å²) < 4.78 is 0. The van der Waals surface area contributed by atoms with E-state index in [-0.39, 0.29) is 6.04 Å². The second-order valence-corrected chi connectivity index (χ2v) is 4.68. The SMILES string of the molecule is Cc1cc(C)cc(N2CCCCC2C#N)c1. The van der Waals surface area contributed by atoms with Gasteiger partial charge in [-0.15, -0.1) is 0 Å². The zero-order valence-electron chi connectivity index (χ0n) is 10.0. The maximum Gasteiger partial charge on any atom is 0.116 e. The molecular weight excluding hydrogens is 196 g/mol. The number of nitrogens with zero attached hydrogens (tertiary/aromatic N) is 2. The fraction of sp³-hybridized carbons (Fsp3) is 0.500. The molecule has 84 valence electrons. The quantitative estimate of drug-likeness (QED) is 0.718. The number of nitriles is 1. The zero-order valence-corrected chi connectivity index (χ0v) is 10.0. The Morgan fingerprint density at radius 3 is 2.50 bits per heavy atom. The fourth-order valence-corrected chi connectivity index (χ4v) is 2.49. The number of piperidine rings is 1. The molecule has 1 heterocycles.